The first-order valence-corrected chi connectivity index (χ1v) is 8.50. The molecule has 4 nitrogen and oxygen atoms in total. The van der Waals surface area contributed by atoms with E-state index in [1.807, 2.05) is 49.4 Å². The third kappa shape index (κ3) is 5.30. The van der Waals surface area contributed by atoms with Gasteiger partial charge in [-0.2, -0.15) is 0 Å². The molecule has 1 amide bonds. The van der Waals surface area contributed by atoms with Gasteiger partial charge in [-0.3, -0.25) is 4.79 Å². The number of para-hydroxylation sites is 1. The Morgan fingerprint density at radius 1 is 0.958 bits per heavy atom. The lowest BCUT2D eigenvalue weighted by molar-refractivity contribution is 0.102. The number of anilines is 1. The van der Waals surface area contributed by atoms with E-state index in [0.29, 0.717) is 24.5 Å². The lowest BCUT2D eigenvalue weighted by Gasteiger charge is -2.12. The van der Waals surface area contributed by atoms with Gasteiger partial charge in [0, 0.05) is 5.69 Å². The Hall–Kier alpha value is -2.49. The minimum absolute atomic E-state index is 0.176. The highest BCUT2D eigenvalue weighted by Crippen LogP contribution is 2.21. The van der Waals surface area contributed by atoms with Gasteiger partial charge in [-0.25, -0.2) is 0 Å². The van der Waals surface area contributed by atoms with Gasteiger partial charge in [0.25, 0.3) is 5.91 Å². The van der Waals surface area contributed by atoms with E-state index < -0.39 is 0 Å². The molecule has 128 valence electrons. The van der Waals surface area contributed by atoms with Gasteiger partial charge >= 0.3 is 0 Å². The highest BCUT2D eigenvalue weighted by Gasteiger charge is 2.12. The lowest BCUT2D eigenvalue weighted by Crippen LogP contribution is -2.14. The van der Waals surface area contributed by atoms with E-state index in [1.165, 1.54) is 0 Å². The maximum atomic E-state index is 12.5. The summed E-state index contributed by atoms with van der Waals surface area (Å²) in [5.74, 6) is 1.23. The molecule has 2 rings (SSSR count). The average Bonchev–Trinajstić information content (AvgIpc) is 2.61. The van der Waals surface area contributed by atoms with E-state index in [4.69, 9.17) is 9.47 Å². The zero-order chi connectivity index (χ0) is 17.2. The monoisotopic (exact) mass is 327 g/mol. The molecule has 0 saturated heterocycles. The molecule has 0 saturated carbocycles. The number of unbranched alkanes of at least 4 members (excludes halogenated alkanes) is 2. The summed E-state index contributed by atoms with van der Waals surface area (Å²) in [5.41, 5.74) is 1.27. The summed E-state index contributed by atoms with van der Waals surface area (Å²) in [6, 6.07) is 14.7. The Labute approximate surface area is 143 Å². The first kappa shape index (κ1) is 17.9. The van der Waals surface area contributed by atoms with Crippen LogP contribution in [0, 0.1) is 0 Å². The predicted molar refractivity (Wildman–Crippen MR) is 97.0 cm³/mol. The largest absolute Gasteiger partial charge is 0.494 e. The highest BCUT2D eigenvalue weighted by atomic mass is 16.5. The van der Waals surface area contributed by atoms with Crippen molar-refractivity contribution in [3.05, 3.63) is 54.1 Å². The summed E-state index contributed by atoms with van der Waals surface area (Å²) in [4.78, 5) is 12.5. The van der Waals surface area contributed by atoms with Crippen LogP contribution in [0.4, 0.5) is 5.69 Å². The van der Waals surface area contributed by atoms with Gasteiger partial charge in [-0.15, -0.1) is 0 Å². The van der Waals surface area contributed by atoms with Gasteiger partial charge in [0.1, 0.15) is 11.5 Å². The number of amides is 1. The molecule has 24 heavy (non-hydrogen) atoms. The molecule has 0 heterocycles. The van der Waals surface area contributed by atoms with Gasteiger partial charge in [-0.1, -0.05) is 31.9 Å². The molecule has 0 atom stereocenters. The van der Waals surface area contributed by atoms with Crippen LogP contribution < -0.4 is 14.8 Å². The number of nitrogens with one attached hydrogen (secondary N) is 1. The number of benzene rings is 2. The van der Waals surface area contributed by atoms with Gasteiger partial charge in [0.2, 0.25) is 0 Å². The first-order valence-electron chi connectivity index (χ1n) is 8.50. The van der Waals surface area contributed by atoms with E-state index >= 15 is 0 Å². The molecule has 1 N–H and O–H groups in total. The zero-order valence-corrected chi connectivity index (χ0v) is 14.4. The van der Waals surface area contributed by atoms with Crippen LogP contribution in [0.25, 0.3) is 0 Å². The van der Waals surface area contributed by atoms with Crippen molar-refractivity contribution in [2.24, 2.45) is 0 Å². The van der Waals surface area contributed by atoms with Crippen molar-refractivity contribution in [3.63, 3.8) is 0 Å². The van der Waals surface area contributed by atoms with Crippen LogP contribution in [-0.2, 0) is 0 Å². The Morgan fingerprint density at radius 3 is 2.42 bits per heavy atom. The maximum Gasteiger partial charge on any atom is 0.259 e. The average molecular weight is 327 g/mol. The molecular formula is C20H25NO3. The molecule has 2 aromatic rings. The second kappa shape index (κ2) is 9.60. The van der Waals surface area contributed by atoms with E-state index in [-0.39, 0.29) is 5.91 Å². The summed E-state index contributed by atoms with van der Waals surface area (Å²) in [6.45, 7) is 5.33. The number of rotatable bonds is 9. The molecular weight excluding hydrogens is 302 g/mol. The Balaban J connectivity index is 2.01. The van der Waals surface area contributed by atoms with Crippen molar-refractivity contribution in [3.8, 4) is 11.5 Å². The van der Waals surface area contributed by atoms with Crippen LogP contribution in [0.15, 0.2) is 48.5 Å². The van der Waals surface area contributed by atoms with Crippen molar-refractivity contribution in [2.45, 2.75) is 33.1 Å². The summed E-state index contributed by atoms with van der Waals surface area (Å²) in [6.07, 6.45) is 3.26. The zero-order valence-electron chi connectivity index (χ0n) is 14.4. The topological polar surface area (TPSA) is 47.6 Å². The fourth-order valence-electron chi connectivity index (χ4n) is 2.31. The third-order valence-electron chi connectivity index (χ3n) is 3.56. The van der Waals surface area contributed by atoms with Crippen LogP contribution >= 0.6 is 0 Å². The summed E-state index contributed by atoms with van der Waals surface area (Å²) in [5, 5.41) is 2.90. The fraction of sp³-hybridized carbons (Fsp3) is 0.350. The normalized spacial score (nSPS) is 10.2. The van der Waals surface area contributed by atoms with Crippen molar-refractivity contribution >= 4 is 11.6 Å². The third-order valence-corrected chi connectivity index (χ3v) is 3.56. The number of carbonyl (C=O) groups is 1. The van der Waals surface area contributed by atoms with E-state index in [9.17, 15) is 4.79 Å². The van der Waals surface area contributed by atoms with Crippen molar-refractivity contribution in [2.75, 3.05) is 18.5 Å². The first-order chi connectivity index (χ1) is 11.7. The van der Waals surface area contributed by atoms with Crippen LogP contribution in [0.5, 0.6) is 11.5 Å². The molecule has 0 radical (unpaired) electrons. The smallest absolute Gasteiger partial charge is 0.259 e. The van der Waals surface area contributed by atoms with E-state index in [0.717, 1.165) is 30.7 Å². The number of hydrogen-bond acceptors (Lipinski definition) is 3. The second-order valence-electron chi connectivity index (χ2n) is 5.46. The molecule has 0 aliphatic heterocycles. The molecule has 0 aliphatic rings. The highest BCUT2D eigenvalue weighted by molar-refractivity contribution is 6.06. The lowest BCUT2D eigenvalue weighted by atomic mass is 10.1. The molecule has 0 fully saturated rings. The molecule has 4 heteroatoms. The quantitative estimate of drug-likeness (QED) is 0.666. The van der Waals surface area contributed by atoms with Crippen molar-refractivity contribution in [1.82, 2.24) is 0 Å². The standard InChI is InChI=1S/C20H25NO3/c1-3-5-8-15-24-19-10-7-6-9-18(19)20(22)21-16-11-13-17(14-12-16)23-4-2/h6-7,9-14H,3-5,8,15H2,1-2H3,(H,21,22). The predicted octanol–water partition coefficient (Wildman–Crippen LogP) is 4.91. The summed E-state index contributed by atoms with van der Waals surface area (Å²) in [7, 11) is 0. The SMILES string of the molecule is CCCCCOc1ccccc1C(=O)Nc1ccc(OCC)cc1. The second-order valence-corrected chi connectivity index (χ2v) is 5.46. The minimum atomic E-state index is -0.176. The van der Waals surface area contributed by atoms with E-state index in [1.54, 1.807) is 6.07 Å². The van der Waals surface area contributed by atoms with E-state index in [2.05, 4.69) is 12.2 Å². The maximum absolute atomic E-state index is 12.5. The van der Waals surface area contributed by atoms with Crippen molar-refractivity contribution < 1.29 is 14.3 Å². The molecule has 0 spiro atoms. The summed E-state index contributed by atoms with van der Waals surface area (Å²) < 4.78 is 11.2. The molecule has 0 bridgehead atoms. The van der Waals surface area contributed by atoms with Gasteiger partial charge in [0.05, 0.1) is 18.8 Å². The van der Waals surface area contributed by atoms with Crippen LogP contribution in [0.2, 0.25) is 0 Å². The Kier molecular flexibility index (Phi) is 7.15. The molecule has 2 aromatic carbocycles. The van der Waals surface area contributed by atoms with Crippen LogP contribution in [0.1, 0.15) is 43.5 Å². The molecule has 0 unspecified atom stereocenters. The Bertz CT molecular complexity index is 638. The van der Waals surface area contributed by atoms with Crippen molar-refractivity contribution in [1.29, 1.82) is 0 Å². The minimum Gasteiger partial charge on any atom is -0.494 e. The molecule has 0 aliphatic carbocycles. The van der Waals surface area contributed by atoms with Crippen LogP contribution in [0.3, 0.4) is 0 Å². The van der Waals surface area contributed by atoms with Gasteiger partial charge < -0.3 is 14.8 Å². The number of hydrogen-bond donors (Lipinski definition) is 1. The summed E-state index contributed by atoms with van der Waals surface area (Å²) >= 11 is 0. The molecule has 0 aromatic heterocycles. The van der Waals surface area contributed by atoms with Gasteiger partial charge in [-0.05, 0) is 49.7 Å². The number of carbonyl (C=O) groups excluding carboxylic acids is 1. The van der Waals surface area contributed by atoms with Crippen LogP contribution in [-0.4, -0.2) is 19.1 Å². The number of ether oxygens (including phenoxy) is 2. The Morgan fingerprint density at radius 2 is 1.71 bits per heavy atom. The fourth-order valence-corrected chi connectivity index (χ4v) is 2.31. The van der Waals surface area contributed by atoms with Gasteiger partial charge in [0.15, 0.2) is 0 Å².